The van der Waals surface area contributed by atoms with Crippen LogP contribution in [0.5, 0.6) is 0 Å². The Morgan fingerprint density at radius 1 is 1.22 bits per heavy atom. The molecule has 2 rings (SSSR count). The molecule has 1 heterocycles. The second-order valence-electron chi connectivity index (χ2n) is 3.91. The highest BCUT2D eigenvalue weighted by Gasteiger charge is 2.08. The monoisotopic (exact) mass is 268 g/mol. The smallest absolute Gasteiger partial charge is 0.124 e. The third-order valence-corrected chi connectivity index (χ3v) is 2.98. The molecule has 98 valence electrons. The third-order valence-electron chi connectivity index (χ3n) is 2.74. The van der Waals surface area contributed by atoms with E-state index in [4.69, 9.17) is 21.1 Å². The van der Waals surface area contributed by atoms with Gasteiger partial charge in [0.1, 0.15) is 5.82 Å². The minimum atomic E-state index is 0.409. The third kappa shape index (κ3) is 3.02. The number of rotatable bonds is 7. The zero-order chi connectivity index (χ0) is 12.8. The van der Waals surface area contributed by atoms with E-state index in [1.165, 1.54) is 0 Å². The number of hydrogen-bond acceptors (Lipinski definition) is 3. The van der Waals surface area contributed by atoms with E-state index in [2.05, 4.69) is 9.55 Å². The number of nitrogens with zero attached hydrogens (tertiary/aromatic N) is 2. The Labute approximate surface area is 111 Å². The van der Waals surface area contributed by atoms with Gasteiger partial charge in [-0.3, -0.25) is 0 Å². The number of fused-ring (bicyclic) bond motifs is 1. The minimum absolute atomic E-state index is 0.409. The van der Waals surface area contributed by atoms with Crippen molar-refractivity contribution in [2.75, 3.05) is 26.9 Å². The van der Waals surface area contributed by atoms with Gasteiger partial charge in [-0.15, -0.1) is 11.6 Å². The number of imidazole rings is 1. The fraction of sp³-hybridized carbons (Fsp3) is 0.462. The number of benzene rings is 1. The van der Waals surface area contributed by atoms with Crippen molar-refractivity contribution in [1.29, 1.82) is 0 Å². The van der Waals surface area contributed by atoms with E-state index in [-0.39, 0.29) is 0 Å². The molecule has 1 aromatic heterocycles. The van der Waals surface area contributed by atoms with Gasteiger partial charge in [0.2, 0.25) is 0 Å². The normalized spacial score (nSPS) is 11.2. The molecule has 2 aromatic rings. The summed E-state index contributed by atoms with van der Waals surface area (Å²) >= 11 is 5.92. The summed E-state index contributed by atoms with van der Waals surface area (Å²) in [6.45, 7) is 2.62. The van der Waals surface area contributed by atoms with Crippen molar-refractivity contribution in [3.8, 4) is 0 Å². The predicted octanol–water partition coefficient (Wildman–Crippen LogP) is 2.44. The molecule has 0 amide bonds. The standard InChI is InChI=1S/C13H17ClN2O2/c1-17-8-9-18-7-6-16-12-5-3-2-4-11(12)15-13(16)10-14/h2-5H,6-10H2,1H3. The van der Waals surface area contributed by atoms with Crippen molar-refractivity contribution < 1.29 is 9.47 Å². The number of aromatic nitrogens is 2. The van der Waals surface area contributed by atoms with Gasteiger partial charge in [-0.1, -0.05) is 12.1 Å². The predicted molar refractivity (Wildman–Crippen MR) is 72.0 cm³/mol. The topological polar surface area (TPSA) is 36.3 Å². The quantitative estimate of drug-likeness (QED) is 0.572. The van der Waals surface area contributed by atoms with Gasteiger partial charge in [0.05, 0.1) is 36.7 Å². The van der Waals surface area contributed by atoms with Crippen LogP contribution in [0.25, 0.3) is 11.0 Å². The van der Waals surface area contributed by atoms with Crippen LogP contribution in [0, 0.1) is 0 Å². The molecule has 0 N–H and O–H groups in total. The Kier molecular flexibility index (Phi) is 4.99. The molecule has 0 saturated carbocycles. The average molecular weight is 269 g/mol. The molecule has 18 heavy (non-hydrogen) atoms. The molecule has 0 aliphatic heterocycles. The van der Waals surface area contributed by atoms with E-state index in [1.54, 1.807) is 7.11 Å². The summed E-state index contributed by atoms with van der Waals surface area (Å²) in [6.07, 6.45) is 0. The van der Waals surface area contributed by atoms with Crippen molar-refractivity contribution in [3.63, 3.8) is 0 Å². The van der Waals surface area contributed by atoms with Crippen molar-refractivity contribution in [2.24, 2.45) is 0 Å². The highest BCUT2D eigenvalue weighted by Crippen LogP contribution is 2.17. The summed E-state index contributed by atoms with van der Waals surface area (Å²) in [7, 11) is 1.67. The molecular weight excluding hydrogens is 252 g/mol. The van der Waals surface area contributed by atoms with Gasteiger partial charge in [-0.25, -0.2) is 4.98 Å². The van der Waals surface area contributed by atoms with E-state index in [0.29, 0.717) is 25.7 Å². The van der Waals surface area contributed by atoms with E-state index in [1.807, 2.05) is 24.3 Å². The van der Waals surface area contributed by atoms with Crippen LogP contribution < -0.4 is 0 Å². The average Bonchev–Trinajstić information content (AvgIpc) is 2.77. The summed E-state index contributed by atoms with van der Waals surface area (Å²) < 4.78 is 12.5. The van der Waals surface area contributed by atoms with Crippen LogP contribution in [-0.2, 0) is 21.9 Å². The van der Waals surface area contributed by atoms with Crippen LogP contribution in [0.2, 0.25) is 0 Å². The molecule has 4 nitrogen and oxygen atoms in total. The number of methoxy groups -OCH3 is 1. The fourth-order valence-electron chi connectivity index (χ4n) is 1.88. The lowest BCUT2D eigenvalue weighted by Crippen LogP contribution is -2.11. The minimum Gasteiger partial charge on any atom is -0.382 e. The zero-order valence-corrected chi connectivity index (χ0v) is 11.2. The van der Waals surface area contributed by atoms with Gasteiger partial charge in [-0.05, 0) is 12.1 Å². The van der Waals surface area contributed by atoms with Crippen LogP contribution in [-0.4, -0.2) is 36.5 Å². The van der Waals surface area contributed by atoms with Crippen LogP contribution in [0.1, 0.15) is 5.82 Å². The summed E-state index contributed by atoms with van der Waals surface area (Å²) in [5.74, 6) is 1.29. The maximum Gasteiger partial charge on any atom is 0.124 e. The molecule has 0 aliphatic carbocycles. The maximum absolute atomic E-state index is 5.92. The number of halogens is 1. The second kappa shape index (κ2) is 6.73. The molecule has 0 unspecified atom stereocenters. The number of hydrogen-bond donors (Lipinski definition) is 0. The van der Waals surface area contributed by atoms with Crippen LogP contribution in [0.4, 0.5) is 0 Å². The van der Waals surface area contributed by atoms with E-state index >= 15 is 0 Å². The first-order valence-electron chi connectivity index (χ1n) is 5.93. The van der Waals surface area contributed by atoms with E-state index < -0.39 is 0 Å². The molecule has 0 spiro atoms. The lowest BCUT2D eigenvalue weighted by atomic mass is 10.3. The first-order chi connectivity index (χ1) is 8.86. The Balaban J connectivity index is 2.06. The van der Waals surface area contributed by atoms with Crippen molar-refractivity contribution >= 4 is 22.6 Å². The second-order valence-corrected chi connectivity index (χ2v) is 4.17. The maximum atomic E-state index is 5.92. The molecule has 5 heteroatoms. The van der Waals surface area contributed by atoms with Gasteiger partial charge < -0.3 is 14.0 Å². The van der Waals surface area contributed by atoms with Gasteiger partial charge in [0.25, 0.3) is 0 Å². The van der Waals surface area contributed by atoms with Crippen LogP contribution >= 0.6 is 11.6 Å². The molecule has 0 fully saturated rings. The number of alkyl halides is 1. The SMILES string of the molecule is COCCOCCn1c(CCl)nc2ccccc21. The first-order valence-corrected chi connectivity index (χ1v) is 6.47. The van der Waals surface area contributed by atoms with Gasteiger partial charge >= 0.3 is 0 Å². The first kappa shape index (κ1) is 13.3. The van der Waals surface area contributed by atoms with Crippen molar-refractivity contribution in [2.45, 2.75) is 12.4 Å². The fourth-order valence-corrected chi connectivity index (χ4v) is 2.08. The number of para-hydroxylation sites is 2. The van der Waals surface area contributed by atoms with Crippen molar-refractivity contribution in [1.82, 2.24) is 9.55 Å². The van der Waals surface area contributed by atoms with Gasteiger partial charge in [0, 0.05) is 13.7 Å². The molecular formula is C13H17ClN2O2. The largest absolute Gasteiger partial charge is 0.382 e. The summed E-state index contributed by atoms with van der Waals surface area (Å²) in [5, 5.41) is 0. The molecule has 1 aromatic carbocycles. The highest BCUT2D eigenvalue weighted by molar-refractivity contribution is 6.16. The summed E-state index contributed by atoms with van der Waals surface area (Å²) in [6, 6.07) is 8.03. The number of ether oxygens (including phenoxy) is 2. The van der Waals surface area contributed by atoms with E-state index in [9.17, 15) is 0 Å². The highest BCUT2D eigenvalue weighted by atomic mass is 35.5. The Hall–Kier alpha value is -1.10. The Morgan fingerprint density at radius 2 is 2.06 bits per heavy atom. The molecule has 0 saturated heterocycles. The summed E-state index contributed by atoms with van der Waals surface area (Å²) in [4.78, 5) is 4.50. The molecule has 0 aliphatic rings. The van der Waals surface area contributed by atoms with Gasteiger partial charge in [-0.2, -0.15) is 0 Å². The lowest BCUT2D eigenvalue weighted by Gasteiger charge is -2.08. The van der Waals surface area contributed by atoms with Crippen LogP contribution in [0.15, 0.2) is 24.3 Å². The molecule has 0 atom stereocenters. The lowest BCUT2D eigenvalue weighted by molar-refractivity contribution is 0.0667. The van der Waals surface area contributed by atoms with E-state index in [0.717, 1.165) is 23.4 Å². The molecule has 0 radical (unpaired) electrons. The Morgan fingerprint density at radius 3 is 2.83 bits per heavy atom. The van der Waals surface area contributed by atoms with Crippen LogP contribution in [0.3, 0.4) is 0 Å². The summed E-state index contributed by atoms with van der Waals surface area (Å²) in [5.41, 5.74) is 2.08. The van der Waals surface area contributed by atoms with Crippen molar-refractivity contribution in [3.05, 3.63) is 30.1 Å². The van der Waals surface area contributed by atoms with Gasteiger partial charge in [0.15, 0.2) is 0 Å². The Bertz CT molecular complexity index is 499. The molecule has 0 bridgehead atoms. The zero-order valence-electron chi connectivity index (χ0n) is 10.4.